The number of aliphatic hydroxyl groups is 3. The fraction of sp³-hybridized carbons (Fsp3) is 0.636. The Bertz CT molecular complexity index is 1000. The summed E-state index contributed by atoms with van der Waals surface area (Å²) in [6, 6.07) is 8.59. The molecule has 0 heterocycles. The molecule has 3 fully saturated rings. The number of fused-ring (bicyclic) bond motifs is 1. The van der Waals surface area contributed by atoms with E-state index < -0.39 is 17.8 Å². The van der Waals surface area contributed by atoms with Crippen molar-refractivity contribution in [1.29, 1.82) is 0 Å². The van der Waals surface area contributed by atoms with Crippen molar-refractivity contribution in [3.8, 4) is 0 Å². The highest BCUT2D eigenvalue weighted by atomic mass is 32.2. The van der Waals surface area contributed by atoms with E-state index in [1.54, 1.807) is 5.57 Å². The zero-order chi connectivity index (χ0) is 26.8. The highest BCUT2D eigenvalue weighted by Crippen LogP contribution is 2.59. The van der Waals surface area contributed by atoms with Crippen LogP contribution in [0.1, 0.15) is 91.0 Å². The molecule has 4 heteroatoms. The topological polar surface area (TPSA) is 60.7 Å². The lowest BCUT2D eigenvalue weighted by Crippen LogP contribution is -2.36. The molecule has 0 bridgehead atoms. The van der Waals surface area contributed by atoms with Gasteiger partial charge in [-0.15, -0.1) is 11.8 Å². The Kier molecular flexibility index (Phi) is 9.16. The Morgan fingerprint density at radius 3 is 2.51 bits per heavy atom. The number of hydrogen-bond acceptors (Lipinski definition) is 4. The largest absolute Gasteiger partial charge is 0.393 e. The van der Waals surface area contributed by atoms with Crippen LogP contribution in [0.2, 0.25) is 0 Å². The van der Waals surface area contributed by atoms with Crippen LogP contribution in [0.3, 0.4) is 0 Å². The van der Waals surface area contributed by atoms with Crippen LogP contribution in [-0.2, 0) is 5.60 Å². The van der Waals surface area contributed by atoms with Crippen LogP contribution in [0.25, 0.3) is 0 Å². The Labute approximate surface area is 229 Å². The van der Waals surface area contributed by atoms with Crippen LogP contribution < -0.4 is 0 Å². The summed E-state index contributed by atoms with van der Waals surface area (Å²) in [6.07, 6.45) is 12.1. The summed E-state index contributed by atoms with van der Waals surface area (Å²) in [6.45, 7) is 13.2. The lowest BCUT2D eigenvalue weighted by atomic mass is 9.61. The van der Waals surface area contributed by atoms with Crippen molar-refractivity contribution in [1.82, 2.24) is 0 Å². The second-order valence-electron chi connectivity index (χ2n) is 12.2. The standard InChI is InChI=1S/C33H48O3S/c1-6-33(36,7-2)26-12-14-28(15-13-26)37-21-22(3)29-16-17-30-24(9-8-18-32(29,30)5)10-11-25-19-27(34)20-31(35)23(25)4/h10-15,22,27,29-31,34-36H,4,6-9,16-21H2,1-3,5H3/b24-10+,25-11-/t22-,27+,29?,30?,31-,32+/m0/s1. The molecule has 0 radical (unpaired) electrons. The van der Waals surface area contributed by atoms with Crippen LogP contribution in [0.15, 0.2) is 64.6 Å². The average molecular weight is 525 g/mol. The summed E-state index contributed by atoms with van der Waals surface area (Å²) < 4.78 is 0. The molecule has 0 aromatic heterocycles. The summed E-state index contributed by atoms with van der Waals surface area (Å²) in [7, 11) is 0. The van der Waals surface area contributed by atoms with E-state index in [0.717, 1.165) is 47.6 Å². The Balaban J connectivity index is 1.41. The van der Waals surface area contributed by atoms with E-state index in [4.69, 9.17) is 0 Å². The first-order chi connectivity index (χ1) is 17.6. The van der Waals surface area contributed by atoms with Gasteiger partial charge in [0.15, 0.2) is 0 Å². The molecule has 0 aliphatic heterocycles. The first-order valence-corrected chi connectivity index (χ1v) is 15.5. The monoisotopic (exact) mass is 524 g/mol. The van der Waals surface area contributed by atoms with Gasteiger partial charge in [0, 0.05) is 17.1 Å². The van der Waals surface area contributed by atoms with Crippen molar-refractivity contribution in [3.63, 3.8) is 0 Å². The van der Waals surface area contributed by atoms with E-state index in [0.29, 0.717) is 30.1 Å². The third kappa shape index (κ3) is 5.98. The molecule has 0 amide bonds. The molecule has 2 unspecified atom stereocenters. The van der Waals surface area contributed by atoms with Gasteiger partial charge in [-0.25, -0.2) is 0 Å². The van der Waals surface area contributed by atoms with Crippen molar-refractivity contribution in [2.45, 2.75) is 108 Å². The van der Waals surface area contributed by atoms with Crippen molar-refractivity contribution < 1.29 is 15.3 Å². The molecule has 3 saturated carbocycles. The molecule has 204 valence electrons. The lowest BCUT2D eigenvalue weighted by molar-refractivity contribution is 0.0283. The van der Waals surface area contributed by atoms with Crippen LogP contribution in [0, 0.1) is 23.2 Å². The molecule has 6 atom stereocenters. The number of hydrogen-bond donors (Lipinski definition) is 3. The van der Waals surface area contributed by atoms with E-state index in [-0.39, 0.29) is 0 Å². The summed E-state index contributed by atoms with van der Waals surface area (Å²) in [5, 5.41) is 31.2. The minimum absolute atomic E-state index is 0.341. The van der Waals surface area contributed by atoms with Gasteiger partial charge in [-0.1, -0.05) is 64.1 Å². The third-order valence-corrected chi connectivity index (χ3v) is 11.4. The molecule has 37 heavy (non-hydrogen) atoms. The van der Waals surface area contributed by atoms with Gasteiger partial charge in [0.1, 0.15) is 0 Å². The molecule has 3 nitrogen and oxygen atoms in total. The minimum Gasteiger partial charge on any atom is -0.393 e. The molecular formula is C33H48O3S. The molecule has 0 spiro atoms. The summed E-state index contributed by atoms with van der Waals surface area (Å²) in [5.41, 5.74) is 3.99. The number of rotatable bonds is 8. The second-order valence-corrected chi connectivity index (χ2v) is 13.3. The smallest absolute Gasteiger partial charge is 0.0891 e. The zero-order valence-corrected chi connectivity index (χ0v) is 24.2. The fourth-order valence-electron chi connectivity index (χ4n) is 7.54. The highest BCUT2D eigenvalue weighted by molar-refractivity contribution is 7.99. The van der Waals surface area contributed by atoms with E-state index in [9.17, 15) is 15.3 Å². The quantitative estimate of drug-likeness (QED) is 0.307. The Morgan fingerprint density at radius 1 is 1.14 bits per heavy atom. The number of thioether (sulfide) groups is 1. The average Bonchev–Trinajstić information content (AvgIpc) is 3.26. The van der Waals surface area contributed by atoms with Crippen molar-refractivity contribution in [2.24, 2.45) is 23.2 Å². The van der Waals surface area contributed by atoms with Crippen LogP contribution in [0.4, 0.5) is 0 Å². The first-order valence-electron chi connectivity index (χ1n) is 14.5. The van der Waals surface area contributed by atoms with E-state index in [2.05, 4.69) is 56.8 Å². The Morgan fingerprint density at radius 2 is 1.84 bits per heavy atom. The zero-order valence-electron chi connectivity index (χ0n) is 23.4. The second kappa shape index (κ2) is 11.8. The summed E-state index contributed by atoms with van der Waals surface area (Å²) >= 11 is 1.96. The van der Waals surface area contributed by atoms with Gasteiger partial charge in [-0.3, -0.25) is 0 Å². The van der Waals surface area contributed by atoms with Crippen LogP contribution in [0.5, 0.6) is 0 Å². The molecule has 3 aliphatic carbocycles. The predicted molar refractivity (Wildman–Crippen MR) is 156 cm³/mol. The van der Waals surface area contributed by atoms with Gasteiger partial charge in [-0.2, -0.15) is 0 Å². The van der Waals surface area contributed by atoms with Gasteiger partial charge in [0.05, 0.1) is 17.8 Å². The van der Waals surface area contributed by atoms with Gasteiger partial charge in [0.2, 0.25) is 0 Å². The maximum absolute atomic E-state index is 10.8. The Hall–Kier alpha value is -1.33. The van der Waals surface area contributed by atoms with Crippen molar-refractivity contribution >= 4 is 11.8 Å². The fourth-order valence-corrected chi connectivity index (χ4v) is 8.56. The van der Waals surface area contributed by atoms with Crippen molar-refractivity contribution in [2.75, 3.05) is 5.75 Å². The molecule has 0 saturated heterocycles. The molecule has 3 aliphatic rings. The van der Waals surface area contributed by atoms with E-state index in [1.807, 2.05) is 25.6 Å². The van der Waals surface area contributed by atoms with Gasteiger partial charge >= 0.3 is 0 Å². The molecule has 1 aromatic rings. The van der Waals surface area contributed by atoms with Crippen LogP contribution >= 0.6 is 11.8 Å². The maximum atomic E-state index is 10.8. The van der Waals surface area contributed by atoms with E-state index in [1.165, 1.54) is 30.6 Å². The number of benzene rings is 1. The van der Waals surface area contributed by atoms with Gasteiger partial charge in [0.25, 0.3) is 0 Å². The van der Waals surface area contributed by atoms with Gasteiger partial charge < -0.3 is 15.3 Å². The van der Waals surface area contributed by atoms with Gasteiger partial charge in [-0.05, 0) is 103 Å². The third-order valence-electron chi connectivity index (χ3n) is 10.1. The summed E-state index contributed by atoms with van der Waals surface area (Å²) in [5.74, 6) is 3.11. The maximum Gasteiger partial charge on any atom is 0.0891 e. The SMILES string of the molecule is C=C1/C(=C\C=C2/CCC[C@@]3(C)C2CCC3[C@@H](C)CSc2ccc(C(O)(CC)CC)cc2)C[C@@H](O)C[C@@H]1O. The first kappa shape index (κ1) is 28.7. The minimum atomic E-state index is -0.712. The van der Waals surface area contributed by atoms with Crippen molar-refractivity contribution in [3.05, 3.63) is 65.3 Å². The summed E-state index contributed by atoms with van der Waals surface area (Å²) in [4.78, 5) is 1.29. The normalized spacial score (nSPS) is 33.6. The lowest BCUT2D eigenvalue weighted by Gasteiger charge is -2.44. The molecule has 4 rings (SSSR count). The number of aliphatic hydroxyl groups excluding tert-OH is 2. The molecule has 3 N–H and O–H groups in total. The van der Waals surface area contributed by atoms with Crippen LogP contribution in [-0.4, -0.2) is 33.3 Å². The molecule has 1 aromatic carbocycles. The predicted octanol–water partition coefficient (Wildman–Crippen LogP) is 7.56. The molecular weight excluding hydrogens is 476 g/mol. The van der Waals surface area contributed by atoms with E-state index >= 15 is 0 Å². The number of allylic oxidation sites excluding steroid dienone is 3. The highest BCUT2D eigenvalue weighted by Gasteiger charge is 2.50.